The second-order valence-electron chi connectivity index (χ2n) is 11.0. The summed E-state index contributed by atoms with van der Waals surface area (Å²) in [6.07, 6.45) is 14.3. The minimum Gasteiger partial charge on any atom is -0.0888 e. The lowest BCUT2D eigenvalue weighted by Crippen LogP contribution is -1.98. The molecule has 5 aromatic carbocycles. The smallest absolute Gasteiger partial charge is 0.0469 e. The Morgan fingerprint density at radius 1 is 0.628 bits per heavy atom. The molecule has 1 aliphatic heterocycles. The van der Waals surface area contributed by atoms with E-state index in [2.05, 4.69) is 152 Å². The lowest BCUT2D eigenvalue weighted by Gasteiger charge is -2.20. The largest absolute Gasteiger partial charge is 0.0888 e. The van der Waals surface area contributed by atoms with Crippen LogP contribution in [0.3, 0.4) is 0 Å². The molecule has 0 fully saturated rings. The minimum atomic E-state index is 0.883. The standard InChI is InChI=1S/C41H31ClS/c42-41-31(22-24-34-27-36(29-12-3-1-4-13-29)26-33-16-7-8-19-37(33)34)17-11-18-32(41)23-25-35-28-40(30-14-5-2-6-15-30)43-39-21-10-9-20-38(35)39/h1-10,12-16,19-28H,11,17-18H2/b24-22+,32-23?,35-25+. The van der Waals surface area contributed by atoms with Crippen LogP contribution in [-0.4, -0.2) is 0 Å². The number of fused-ring (bicyclic) bond motifs is 2. The Morgan fingerprint density at radius 2 is 1.35 bits per heavy atom. The highest BCUT2D eigenvalue weighted by atomic mass is 35.5. The zero-order chi connectivity index (χ0) is 29.0. The highest BCUT2D eigenvalue weighted by Gasteiger charge is 2.18. The number of benzene rings is 5. The van der Waals surface area contributed by atoms with E-state index in [0.29, 0.717) is 0 Å². The first-order valence-electron chi connectivity index (χ1n) is 14.8. The second-order valence-corrected chi connectivity index (χ2v) is 12.4. The Bertz CT molecular complexity index is 1960. The number of hydrogen-bond acceptors (Lipinski definition) is 1. The van der Waals surface area contributed by atoms with Gasteiger partial charge in [0.2, 0.25) is 0 Å². The van der Waals surface area contributed by atoms with Gasteiger partial charge in [-0.2, -0.15) is 0 Å². The highest BCUT2D eigenvalue weighted by Crippen LogP contribution is 2.45. The molecule has 0 saturated carbocycles. The molecule has 0 N–H and O–H groups in total. The summed E-state index contributed by atoms with van der Waals surface area (Å²) in [5, 5.41) is 3.38. The number of allylic oxidation sites excluding steroid dienone is 8. The van der Waals surface area contributed by atoms with Crippen LogP contribution in [-0.2, 0) is 0 Å². The predicted molar refractivity (Wildman–Crippen MR) is 188 cm³/mol. The molecule has 0 radical (unpaired) electrons. The second kappa shape index (κ2) is 12.5. The third-order valence-corrected chi connectivity index (χ3v) is 9.78. The van der Waals surface area contributed by atoms with Gasteiger partial charge in [0.15, 0.2) is 0 Å². The van der Waals surface area contributed by atoms with Crippen LogP contribution < -0.4 is 0 Å². The highest BCUT2D eigenvalue weighted by molar-refractivity contribution is 8.08. The maximum atomic E-state index is 7.11. The summed E-state index contributed by atoms with van der Waals surface area (Å²) in [6, 6.07) is 43.1. The first-order chi connectivity index (χ1) is 21.2. The summed E-state index contributed by atoms with van der Waals surface area (Å²) in [6.45, 7) is 0. The fourth-order valence-electron chi connectivity index (χ4n) is 5.91. The van der Waals surface area contributed by atoms with Gasteiger partial charge in [0.25, 0.3) is 0 Å². The molecule has 0 saturated heterocycles. The molecule has 0 bridgehead atoms. The van der Waals surface area contributed by atoms with E-state index in [4.69, 9.17) is 11.6 Å². The molecule has 208 valence electrons. The van der Waals surface area contributed by atoms with Crippen LogP contribution in [0, 0.1) is 0 Å². The van der Waals surface area contributed by atoms with Gasteiger partial charge in [-0.05, 0) is 98.8 Å². The van der Waals surface area contributed by atoms with Crippen molar-refractivity contribution in [2.24, 2.45) is 0 Å². The molecular weight excluding hydrogens is 560 g/mol. The fraction of sp³-hybridized carbons (Fsp3) is 0.0732. The molecule has 0 atom stereocenters. The van der Waals surface area contributed by atoms with Crippen LogP contribution in [0.15, 0.2) is 167 Å². The van der Waals surface area contributed by atoms with Crippen molar-refractivity contribution in [2.75, 3.05) is 0 Å². The average molecular weight is 591 g/mol. The van der Waals surface area contributed by atoms with Gasteiger partial charge in [0.1, 0.15) is 0 Å². The van der Waals surface area contributed by atoms with Crippen LogP contribution in [0.25, 0.3) is 38.5 Å². The van der Waals surface area contributed by atoms with Crippen molar-refractivity contribution < 1.29 is 0 Å². The van der Waals surface area contributed by atoms with Crippen LogP contribution in [0.2, 0.25) is 0 Å². The molecule has 1 aliphatic carbocycles. The van der Waals surface area contributed by atoms with E-state index in [1.165, 1.54) is 65.1 Å². The van der Waals surface area contributed by atoms with Gasteiger partial charge in [-0.1, -0.05) is 151 Å². The van der Waals surface area contributed by atoms with E-state index >= 15 is 0 Å². The third-order valence-electron chi connectivity index (χ3n) is 8.15. The quantitative estimate of drug-likeness (QED) is 0.196. The number of rotatable bonds is 5. The van der Waals surface area contributed by atoms with Crippen molar-refractivity contribution in [3.05, 3.63) is 179 Å². The Hall–Kier alpha value is -4.30. The summed E-state index contributed by atoms with van der Waals surface area (Å²) in [7, 11) is 0. The van der Waals surface area contributed by atoms with Gasteiger partial charge in [0.05, 0.1) is 0 Å². The van der Waals surface area contributed by atoms with Gasteiger partial charge >= 0.3 is 0 Å². The Kier molecular flexibility index (Phi) is 8.01. The fourth-order valence-corrected chi connectivity index (χ4v) is 7.34. The average Bonchev–Trinajstić information content (AvgIpc) is 3.07. The molecule has 7 rings (SSSR count). The number of halogens is 1. The maximum Gasteiger partial charge on any atom is 0.0469 e. The van der Waals surface area contributed by atoms with Gasteiger partial charge in [-0.15, -0.1) is 0 Å². The van der Waals surface area contributed by atoms with E-state index in [1.54, 1.807) is 0 Å². The summed E-state index contributed by atoms with van der Waals surface area (Å²) in [4.78, 5) is 2.55. The molecule has 0 nitrogen and oxygen atoms in total. The summed E-state index contributed by atoms with van der Waals surface area (Å²) in [5.41, 5.74) is 9.80. The third kappa shape index (κ3) is 5.97. The SMILES string of the molecule is ClC1=C(/C=C/c2cc(-c3ccccc3)cc3ccccc23)CCCC1=C/C=C1\C=C(c2ccccc2)Sc2ccccc21. The first kappa shape index (κ1) is 27.5. The van der Waals surface area contributed by atoms with Crippen LogP contribution in [0.1, 0.15) is 36.0 Å². The van der Waals surface area contributed by atoms with Crippen molar-refractivity contribution in [1.29, 1.82) is 0 Å². The Labute approximate surface area is 263 Å². The topological polar surface area (TPSA) is 0 Å². The monoisotopic (exact) mass is 590 g/mol. The van der Waals surface area contributed by atoms with Gasteiger partial charge in [0, 0.05) is 14.8 Å². The van der Waals surface area contributed by atoms with Crippen LogP contribution in [0.4, 0.5) is 0 Å². The molecule has 43 heavy (non-hydrogen) atoms. The van der Waals surface area contributed by atoms with E-state index in [0.717, 1.165) is 24.3 Å². The summed E-state index contributed by atoms with van der Waals surface area (Å²) in [5.74, 6) is 0. The molecule has 0 aromatic heterocycles. The molecule has 2 heteroatoms. The maximum absolute atomic E-state index is 7.11. The van der Waals surface area contributed by atoms with E-state index in [-0.39, 0.29) is 0 Å². The molecule has 0 amide bonds. The molecule has 1 heterocycles. The van der Waals surface area contributed by atoms with Gasteiger partial charge in [-0.3, -0.25) is 0 Å². The van der Waals surface area contributed by atoms with Crippen molar-refractivity contribution in [3.8, 4) is 11.1 Å². The molecular formula is C41H31ClS. The molecule has 0 unspecified atom stereocenters. The Morgan fingerprint density at radius 3 is 2.19 bits per heavy atom. The normalized spacial score (nSPS) is 17.1. The molecule has 5 aromatic rings. The van der Waals surface area contributed by atoms with Gasteiger partial charge in [-0.25, -0.2) is 0 Å². The zero-order valence-corrected chi connectivity index (χ0v) is 25.4. The van der Waals surface area contributed by atoms with Crippen molar-refractivity contribution in [2.45, 2.75) is 24.2 Å². The van der Waals surface area contributed by atoms with Crippen molar-refractivity contribution >= 4 is 50.7 Å². The Balaban J connectivity index is 1.24. The predicted octanol–water partition coefficient (Wildman–Crippen LogP) is 12.4. The minimum absolute atomic E-state index is 0.883. The first-order valence-corrected chi connectivity index (χ1v) is 16.0. The number of hydrogen-bond donors (Lipinski definition) is 0. The van der Waals surface area contributed by atoms with E-state index in [1.807, 2.05) is 11.8 Å². The lowest BCUT2D eigenvalue weighted by atomic mass is 9.92. The van der Waals surface area contributed by atoms with Crippen molar-refractivity contribution in [1.82, 2.24) is 0 Å². The number of thioether (sulfide) groups is 1. The molecule has 0 spiro atoms. The zero-order valence-electron chi connectivity index (χ0n) is 23.8. The summed E-state index contributed by atoms with van der Waals surface area (Å²) >= 11 is 8.95. The lowest BCUT2D eigenvalue weighted by molar-refractivity contribution is 0.792. The van der Waals surface area contributed by atoms with Crippen molar-refractivity contribution in [3.63, 3.8) is 0 Å². The van der Waals surface area contributed by atoms with E-state index in [9.17, 15) is 0 Å². The summed E-state index contributed by atoms with van der Waals surface area (Å²) < 4.78 is 0. The van der Waals surface area contributed by atoms with E-state index < -0.39 is 0 Å². The molecule has 2 aliphatic rings. The van der Waals surface area contributed by atoms with Crippen LogP contribution >= 0.6 is 23.4 Å². The van der Waals surface area contributed by atoms with Gasteiger partial charge < -0.3 is 0 Å². The van der Waals surface area contributed by atoms with Crippen LogP contribution in [0.5, 0.6) is 0 Å².